The van der Waals surface area contributed by atoms with Gasteiger partial charge in [-0.25, -0.2) is 0 Å². The number of hydrogen-bond acceptors (Lipinski definition) is 5. The molecule has 0 aliphatic carbocycles. The van der Waals surface area contributed by atoms with Crippen molar-refractivity contribution in [1.82, 2.24) is 0 Å². The number of methoxy groups -OCH3 is 1. The van der Waals surface area contributed by atoms with E-state index in [2.05, 4.69) is 17.9 Å². The molecule has 0 spiro atoms. The molecule has 130 valence electrons. The van der Waals surface area contributed by atoms with Gasteiger partial charge >= 0.3 is 0 Å². The highest BCUT2D eigenvalue weighted by atomic mass is 16.5. The first-order chi connectivity index (χ1) is 12.2. The van der Waals surface area contributed by atoms with Crippen molar-refractivity contribution in [2.24, 2.45) is 5.73 Å². The Kier molecular flexibility index (Phi) is 5.11. The van der Waals surface area contributed by atoms with Crippen molar-refractivity contribution in [3.05, 3.63) is 53.6 Å². The summed E-state index contributed by atoms with van der Waals surface area (Å²) in [7, 11) is 1.66. The third-order valence-corrected chi connectivity index (χ3v) is 4.62. The fraction of sp³-hybridized carbons (Fsp3) is 0.350. The van der Waals surface area contributed by atoms with Gasteiger partial charge in [-0.2, -0.15) is 5.26 Å². The standard InChI is InChI=1S/C20H23N3O2/c1-3-23-19-12-16(24-2)8-9-17(19)18(13-22)20(23)14-4-6-15(7-5-14)25-11-10-21/h4-9,12,18,20H,3,10-11,21H2,1-2H3. The fourth-order valence-electron chi connectivity index (χ4n) is 3.48. The van der Waals surface area contributed by atoms with E-state index in [9.17, 15) is 5.26 Å². The summed E-state index contributed by atoms with van der Waals surface area (Å²) in [5.41, 5.74) is 8.70. The molecule has 25 heavy (non-hydrogen) atoms. The molecule has 0 saturated heterocycles. The molecule has 0 radical (unpaired) electrons. The molecule has 1 heterocycles. The number of likely N-dealkylation sites (N-methyl/N-ethyl adjacent to an activating group) is 1. The zero-order valence-corrected chi connectivity index (χ0v) is 14.6. The highest BCUT2D eigenvalue weighted by molar-refractivity contribution is 5.67. The van der Waals surface area contributed by atoms with Gasteiger partial charge in [0.15, 0.2) is 0 Å². The molecule has 2 unspecified atom stereocenters. The summed E-state index contributed by atoms with van der Waals surface area (Å²) >= 11 is 0. The molecule has 2 atom stereocenters. The van der Waals surface area contributed by atoms with Crippen molar-refractivity contribution in [3.8, 4) is 17.6 Å². The minimum atomic E-state index is -0.211. The van der Waals surface area contributed by atoms with Crippen LogP contribution in [0.25, 0.3) is 0 Å². The maximum atomic E-state index is 9.81. The molecule has 0 saturated carbocycles. The van der Waals surface area contributed by atoms with Gasteiger partial charge in [-0.15, -0.1) is 0 Å². The topological polar surface area (TPSA) is 71.5 Å². The van der Waals surface area contributed by atoms with Crippen molar-refractivity contribution in [2.45, 2.75) is 18.9 Å². The van der Waals surface area contributed by atoms with Gasteiger partial charge in [0.25, 0.3) is 0 Å². The molecule has 5 nitrogen and oxygen atoms in total. The second-order valence-corrected chi connectivity index (χ2v) is 5.97. The van der Waals surface area contributed by atoms with Gasteiger partial charge in [0.1, 0.15) is 18.1 Å². The molecular formula is C20H23N3O2. The lowest BCUT2D eigenvalue weighted by atomic mass is 9.91. The van der Waals surface area contributed by atoms with Crippen LogP contribution < -0.4 is 20.1 Å². The number of nitrogens with zero attached hydrogens (tertiary/aromatic N) is 2. The monoisotopic (exact) mass is 337 g/mol. The maximum Gasteiger partial charge on any atom is 0.120 e. The summed E-state index contributed by atoms with van der Waals surface area (Å²) in [6.45, 7) is 3.90. The second kappa shape index (κ2) is 7.45. The Morgan fingerprint density at radius 1 is 1.16 bits per heavy atom. The molecule has 0 bridgehead atoms. The highest BCUT2D eigenvalue weighted by Crippen LogP contribution is 2.49. The van der Waals surface area contributed by atoms with Crippen molar-refractivity contribution in [3.63, 3.8) is 0 Å². The Morgan fingerprint density at radius 2 is 1.88 bits per heavy atom. The van der Waals surface area contributed by atoms with E-state index in [4.69, 9.17) is 15.2 Å². The number of anilines is 1. The zero-order valence-electron chi connectivity index (χ0n) is 14.6. The molecule has 2 aromatic rings. The van der Waals surface area contributed by atoms with Gasteiger partial charge in [0, 0.05) is 24.8 Å². The predicted octanol–water partition coefficient (Wildman–Crippen LogP) is 3.22. The molecular weight excluding hydrogens is 314 g/mol. The summed E-state index contributed by atoms with van der Waals surface area (Å²) in [5, 5.41) is 9.81. The van der Waals surface area contributed by atoms with Crippen molar-refractivity contribution in [2.75, 3.05) is 31.7 Å². The van der Waals surface area contributed by atoms with Gasteiger partial charge in [0.05, 0.1) is 25.1 Å². The van der Waals surface area contributed by atoms with E-state index in [1.165, 1.54) is 0 Å². The molecule has 0 amide bonds. The molecule has 3 rings (SSSR count). The number of nitrogens with two attached hydrogens (primary N) is 1. The number of benzene rings is 2. The van der Waals surface area contributed by atoms with Crippen LogP contribution in [0.5, 0.6) is 11.5 Å². The average molecular weight is 337 g/mol. The lowest BCUT2D eigenvalue weighted by molar-refractivity contribution is 0.328. The van der Waals surface area contributed by atoms with Crippen LogP contribution in [0, 0.1) is 11.3 Å². The van der Waals surface area contributed by atoms with Gasteiger partial charge in [-0.05, 0) is 36.2 Å². The number of rotatable bonds is 6. The number of nitriles is 1. The first-order valence-electron chi connectivity index (χ1n) is 8.50. The summed E-state index contributed by atoms with van der Waals surface area (Å²) in [6.07, 6.45) is 0. The summed E-state index contributed by atoms with van der Waals surface area (Å²) in [6, 6.07) is 16.4. The third kappa shape index (κ3) is 3.13. The first kappa shape index (κ1) is 17.1. The lowest BCUT2D eigenvalue weighted by Crippen LogP contribution is -2.26. The van der Waals surface area contributed by atoms with Crippen LogP contribution in [-0.2, 0) is 0 Å². The minimum Gasteiger partial charge on any atom is -0.497 e. The summed E-state index contributed by atoms with van der Waals surface area (Å²) in [4.78, 5) is 2.27. The average Bonchev–Trinajstić information content (AvgIpc) is 2.99. The molecule has 1 aliphatic heterocycles. The largest absolute Gasteiger partial charge is 0.497 e. The summed E-state index contributed by atoms with van der Waals surface area (Å²) in [5.74, 6) is 1.39. The van der Waals surface area contributed by atoms with Crippen LogP contribution in [0.2, 0.25) is 0 Å². The van der Waals surface area contributed by atoms with Gasteiger partial charge in [0.2, 0.25) is 0 Å². The Balaban J connectivity index is 1.96. The molecule has 2 N–H and O–H groups in total. The van der Waals surface area contributed by atoms with E-state index in [0.717, 1.165) is 34.9 Å². The van der Waals surface area contributed by atoms with E-state index < -0.39 is 0 Å². The van der Waals surface area contributed by atoms with Crippen molar-refractivity contribution in [1.29, 1.82) is 5.26 Å². The van der Waals surface area contributed by atoms with E-state index in [1.54, 1.807) is 7.11 Å². The van der Waals surface area contributed by atoms with Gasteiger partial charge in [-0.1, -0.05) is 18.2 Å². The smallest absolute Gasteiger partial charge is 0.120 e. The van der Waals surface area contributed by atoms with E-state index >= 15 is 0 Å². The number of ether oxygens (including phenoxy) is 2. The Bertz CT molecular complexity index is 768. The number of hydrogen-bond donors (Lipinski definition) is 1. The first-order valence-corrected chi connectivity index (χ1v) is 8.50. The normalized spacial score (nSPS) is 18.6. The van der Waals surface area contributed by atoms with Crippen LogP contribution in [0.1, 0.15) is 30.0 Å². The van der Waals surface area contributed by atoms with E-state index in [-0.39, 0.29) is 12.0 Å². The van der Waals surface area contributed by atoms with Crippen LogP contribution in [0.4, 0.5) is 5.69 Å². The zero-order chi connectivity index (χ0) is 17.8. The molecule has 5 heteroatoms. The lowest BCUT2D eigenvalue weighted by Gasteiger charge is -2.28. The Morgan fingerprint density at radius 3 is 2.48 bits per heavy atom. The fourth-order valence-corrected chi connectivity index (χ4v) is 3.48. The van der Waals surface area contributed by atoms with Gasteiger partial charge in [-0.3, -0.25) is 0 Å². The highest BCUT2D eigenvalue weighted by Gasteiger charge is 2.39. The Labute approximate surface area is 148 Å². The molecule has 0 aromatic heterocycles. The number of fused-ring (bicyclic) bond motifs is 1. The third-order valence-electron chi connectivity index (χ3n) is 4.62. The molecule has 0 fully saturated rings. The van der Waals surface area contributed by atoms with E-state index in [0.29, 0.717) is 13.2 Å². The predicted molar refractivity (Wildman–Crippen MR) is 98.1 cm³/mol. The van der Waals surface area contributed by atoms with Crippen molar-refractivity contribution >= 4 is 5.69 Å². The van der Waals surface area contributed by atoms with Crippen LogP contribution >= 0.6 is 0 Å². The molecule has 1 aliphatic rings. The molecule has 2 aromatic carbocycles. The quantitative estimate of drug-likeness (QED) is 0.876. The Hall–Kier alpha value is -2.71. The van der Waals surface area contributed by atoms with Gasteiger partial charge < -0.3 is 20.1 Å². The van der Waals surface area contributed by atoms with Crippen LogP contribution in [0.3, 0.4) is 0 Å². The second-order valence-electron chi connectivity index (χ2n) is 5.97. The maximum absolute atomic E-state index is 9.81. The summed E-state index contributed by atoms with van der Waals surface area (Å²) < 4.78 is 10.9. The minimum absolute atomic E-state index is 0.0133. The van der Waals surface area contributed by atoms with Crippen molar-refractivity contribution < 1.29 is 9.47 Å². The van der Waals surface area contributed by atoms with Crippen LogP contribution in [-0.4, -0.2) is 26.8 Å². The SMILES string of the molecule is CCN1c2cc(OC)ccc2C(C#N)C1c1ccc(OCCN)cc1. The van der Waals surface area contributed by atoms with E-state index in [1.807, 2.05) is 42.5 Å². The van der Waals surface area contributed by atoms with Crippen LogP contribution in [0.15, 0.2) is 42.5 Å².